The predicted octanol–water partition coefficient (Wildman–Crippen LogP) is 5.57. The van der Waals surface area contributed by atoms with Gasteiger partial charge in [0.25, 0.3) is 5.91 Å². The number of carbonyl (C=O) groups excluding carboxylic acids is 2. The van der Waals surface area contributed by atoms with Crippen LogP contribution in [0.15, 0.2) is 59.1 Å². The molecule has 3 aromatic rings. The lowest BCUT2D eigenvalue weighted by atomic mass is 9.94. The molecular weight excluding hydrogens is 438 g/mol. The third kappa shape index (κ3) is 5.16. The Morgan fingerprint density at radius 2 is 1.54 bits per heavy atom. The lowest BCUT2D eigenvalue weighted by molar-refractivity contribution is -0.136. The molecule has 0 radical (unpaired) electrons. The van der Waals surface area contributed by atoms with E-state index in [1.807, 2.05) is 60.4 Å². The Bertz CT molecular complexity index is 1170. The van der Waals surface area contributed by atoms with E-state index in [2.05, 4.69) is 9.88 Å². The molecule has 182 valence electrons. The summed E-state index contributed by atoms with van der Waals surface area (Å²) in [5, 5.41) is 0. The molecular formula is C29H33N3O3. The average molecular weight is 472 g/mol. The maximum atomic E-state index is 13.5. The fourth-order valence-corrected chi connectivity index (χ4v) is 5.16. The van der Waals surface area contributed by atoms with Gasteiger partial charge in [-0.3, -0.25) is 9.59 Å². The van der Waals surface area contributed by atoms with Gasteiger partial charge in [0.1, 0.15) is 0 Å². The third-order valence-corrected chi connectivity index (χ3v) is 7.28. The molecule has 0 saturated carbocycles. The zero-order chi connectivity index (χ0) is 24.2. The van der Waals surface area contributed by atoms with Crippen molar-refractivity contribution in [3.63, 3.8) is 0 Å². The van der Waals surface area contributed by atoms with Gasteiger partial charge < -0.3 is 14.2 Å². The lowest BCUT2D eigenvalue weighted by Gasteiger charge is -2.34. The molecule has 0 spiro atoms. The van der Waals surface area contributed by atoms with Crippen LogP contribution in [0.1, 0.15) is 54.4 Å². The van der Waals surface area contributed by atoms with Crippen LogP contribution in [0.2, 0.25) is 0 Å². The van der Waals surface area contributed by atoms with Crippen LogP contribution >= 0.6 is 0 Å². The number of piperidine rings is 1. The van der Waals surface area contributed by atoms with E-state index in [4.69, 9.17) is 4.42 Å². The highest BCUT2D eigenvalue weighted by molar-refractivity contribution is 6.00. The predicted molar refractivity (Wildman–Crippen MR) is 136 cm³/mol. The highest BCUT2D eigenvalue weighted by Crippen LogP contribution is 2.30. The Morgan fingerprint density at radius 3 is 2.26 bits per heavy atom. The number of nitrogens with zero attached hydrogens (tertiary/aromatic N) is 3. The summed E-state index contributed by atoms with van der Waals surface area (Å²) >= 11 is 0. The molecule has 0 N–H and O–H groups in total. The van der Waals surface area contributed by atoms with Crippen molar-refractivity contribution in [1.82, 2.24) is 14.8 Å². The normalized spacial score (nSPS) is 17.3. The van der Waals surface area contributed by atoms with Crippen molar-refractivity contribution >= 4 is 11.8 Å². The van der Waals surface area contributed by atoms with Crippen molar-refractivity contribution in [3.05, 3.63) is 65.9 Å². The van der Waals surface area contributed by atoms with Gasteiger partial charge >= 0.3 is 0 Å². The van der Waals surface area contributed by atoms with Gasteiger partial charge in [0.15, 0.2) is 5.76 Å². The number of benzene rings is 2. The van der Waals surface area contributed by atoms with Crippen LogP contribution in [0.25, 0.3) is 22.8 Å². The summed E-state index contributed by atoms with van der Waals surface area (Å²) in [4.78, 5) is 34.9. The third-order valence-electron chi connectivity index (χ3n) is 7.28. The molecule has 2 fully saturated rings. The minimum absolute atomic E-state index is 0.0243. The van der Waals surface area contributed by atoms with Gasteiger partial charge in [0, 0.05) is 43.2 Å². The molecule has 0 atom stereocenters. The van der Waals surface area contributed by atoms with Crippen molar-refractivity contribution in [2.75, 3.05) is 26.2 Å². The molecule has 2 aliphatic heterocycles. The van der Waals surface area contributed by atoms with E-state index in [1.54, 1.807) is 6.20 Å². The summed E-state index contributed by atoms with van der Waals surface area (Å²) in [7, 11) is 0. The first-order valence-corrected chi connectivity index (χ1v) is 12.8. The van der Waals surface area contributed by atoms with Crippen LogP contribution in [-0.4, -0.2) is 52.8 Å². The summed E-state index contributed by atoms with van der Waals surface area (Å²) in [6.45, 7) is 5.00. The summed E-state index contributed by atoms with van der Waals surface area (Å²) in [6.07, 6.45) is 7.79. The van der Waals surface area contributed by atoms with Gasteiger partial charge in [0.2, 0.25) is 11.8 Å². The first-order chi connectivity index (χ1) is 17.1. The first kappa shape index (κ1) is 23.3. The largest absolute Gasteiger partial charge is 0.436 e. The molecule has 0 bridgehead atoms. The molecule has 6 nitrogen and oxygen atoms in total. The minimum atomic E-state index is -0.0312. The van der Waals surface area contributed by atoms with E-state index < -0.39 is 0 Å². The van der Waals surface area contributed by atoms with E-state index in [-0.39, 0.29) is 17.7 Å². The quantitative estimate of drug-likeness (QED) is 0.499. The van der Waals surface area contributed by atoms with Gasteiger partial charge in [-0.05, 0) is 44.7 Å². The molecule has 5 rings (SSSR count). The SMILES string of the molecule is Cc1ccc(-c2cnc(-c3ccccc3C(=O)N3CCC(C(=O)N4CCCCCC4)CC3)o2)cc1. The van der Waals surface area contributed by atoms with Crippen LogP contribution in [0.5, 0.6) is 0 Å². The maximum absolute atomic E-state index is 13.5. The fourth-order valence-electron chi connectivity index (χ4n) is 5.16. The van der Waals surface area contributed by atoms with Crippen LogP contribution in [0.4, 0.5) is 0 Å². The van der Waals surface area contributed by atoms with Gasteiger partial charge in [0.05, 0.1) is 11.8 Å². The molecule has 3 heterocycles. The highest BCUT2D eigenvalue weighted by atomic mass is 16.4. The van der Waals surface area contributed by atoms with Crippen LogP contribution in [0, 0.1) is 12.8 Å². The van der Waals surface area contributed by atoms with Crippen molar-refractivity contribution in [2.45, 2.75) is 45.4 Å². The number of aromatic nitrogens is 1. The van der Waals surface area contributed by atoms with E-state index in [0.29, 0.717) is 35.9 Å². The Balaban J connectivity index is 1.28. The second-order valence-electron chi connectivity index (χ2n) is 9.75. The highest BCUT2D eigenvalue weighted by Gasteiger charge is 2.31. The second kappa shape index (κ2) is 10.5. The zero-order valence-corrected chi connectivity index (χ0v) is 20.4. The monoisotopic (exact) mass is 471 g/mol. The second-order valence-corrected chi connectivity index (χ2v) is 9.75. The van der Waals surface area contributed by atoms with Crippen LogP contribution in [0.3, 0.4) is 0 Å². The number of hydrogen-bond donors (Lipinski definition) is 0. The van der Waals surface area contributed by atoms with Crippen molar-refractivity contribution < 1.29 is 14.0 Å². The Hall–Kier alpha value is -3.41. The number of likely N-dealkylation sites (tertiary alicyclic amines) is 2. The topological polar surface area (TPSA) is 66.7 Å². The smallest absolute Gasteiger partial charge is 0.254 e. The van der Waals surface area contributed by atoms with Gasteiger partial charge in [-0.15, -0.1) is 0 Å². The molecule has 2 aromatic carbocycles. The van der Waals surface area contributed by atoms with Crippen LogP contribution < -0.4 is 0 Å². The summed E-state index contributed by atoms with van der Waals surface area (Å²) < 4.78 is 6.07. The number of oxazole rings is 1. The number of rotatable bonds is 4. The molecule has 35 heavy (non-hydrogen) atoms. The molecule has 2 amide bonds. The summed E-state index contributed by atoms with van der Waals surface area (Å²) in [5.74, 6) is 1.39. The standard InChI is InChI=1S/C29H33N3O3/c1-21-10-12-22(13-11-21)26-20-30-27(35-26)24-8-4-5-9-25(24)29(34)32-18-14-23(15-19-32)28(33)31-16-6-2-3-7-17-31/h4-5,8-13,20,23H,2-3,6-7,14-19H2,1H3. The molecule has 2 saturated heterocycles. The zero-order valence-electron chi connectivity index (χ0n) is 20.4. The minimum Gasteiger partial charge on any atom is -0.436 e. The molecule has 2 aliphatic rings. The number of aryl methyl sites for hydroxylation is 1. The van der Waals surface area contributed by atoms with E-state index in [1.165, 1.54) is 18.4 Å². The molecule has 0 unspecified atom stereocenters. The first-order valence-electron chi connectivity index (χ1n) is 12.8. The maximum Gasteiger partial charge on any atom is 0.254 e. The van der Waals surface area contributed by atoms with Crippen molar-refractivity contribution in [2.24, 2.45) is 5.92 Å². The van der Waals surface area contributed by atoms with E-state index in [0.717, 1.165) is 44.3 Å². The summed E-state index contributed by atoms with van der Waals surface area (Å²) in [5.41, 5.74) is 3.41. The Morgan fingerprint density at radius 1 is 0.857 bits per heavy atom. The van der Waals surface area contributed by atoms with Gasteiger partial charge in [-0.25, -0.2) is 4.98 Å². The van der Waals surface area contributed by atoms with E-state index in [9.17, 15) is 9.59 Å². The average Bonchev–Trinajstić information content (AvgIpc) is 3.23. The van der Waals surface area contributed by atoms with Crippen molar-refractivity contribution in [1.29, 1.82) is 0 Å². The number of hydrogen-bond acceptors (Lipinski definition) is 4. The summed E-state index contributed by atoms with van der Waals surface area (Å²) in [6, 6.07) is 15.6. The number of amides is 2. The Labute approximate surface area is 206 Å². The van der Waals surface area contributed by atoms with Crippen molar-refractivity contribution in [3.8, 4) is 22.8 Å². The number of carbonyl (C=O) groups is 2. The van der Waals surface area contributed by atoms with Crippen LogP contribution in [-0.2, 0) is 4.79 Å². The van der Waals surface area contributed by atoms with E-state index >= 15 is 0 Å². The van der Waals surface area contributed by atoms with Gasteiger partial charge in [-0.1, -0.05) is 54.8 Å². The molecule has 6 heteroatoms. The molecule has 0 aliphatic carbocycles. The Kier molecular flexibility index (Phi) is 6.98. The fraction of sp³-hybridized carbons (Fsp3) is 0.414. The van der Waals surface area contributed by atoms with Gasteiger partial charge in [-0.2, -0.15) is 0 Å². The molecule has 1 aromatic heterocycles. The lowest BCUT2D eigenvalue weighted by Crippen LogP contribution is -2.44.